The van der Waals surface area contributed by atoms with Crippen molar-refractivity contribution in [1.29, 1.82) is 0 Å². The summed E-state index contributed by atoms with van der Waals surface area (Å²) in [6.45, 7) is 2.83. The molecule has 6 nitrogen and oxygen atoms in total. The highest BCUT2D eigenvalue weighted by Crippen LogP contribution is 2.23. The SMILES string of the molecule is CCn1ncc2[nH]c(-c3cccn3-c3ccc(Cl)cn3)nc21. The molecule has 0 bridgehead atoms. The number of nitrogens with one attached hydrogen (secondary N) is 1. The van der Waals surface area contributed by atoms with E-state index >= 15 is 0 Å². The number of pyridine rings is 1. The van der Waals surface area contributed by atoms with E-state index in [-0.39, 0.29) is 0 Å². The molecule has 1 N–H and O–H groups in total. The second-order valence-electron chi connectivity index (χ2n) is 4.88. The van der Waals surface area contributed by atoms with Crippen molar-refractivity contribution >= 4 is 22.8 Å². The predicted molar refractivity (Wildman–Crippen MR) is 85.1 cm³/mol. The number of aromatic nitrogens is 6. The molecule has 0 amide bonds. The number of rotatable bonds is 3. The van der Waals surface area contributed by atoms with Crippen LogP contribution in [0.15, 0.2) is 42.9 Å². The van der Waals surface area contributed by atoms with Gasteiger partial charge in [-0.1, -0.05) is 11.6 Å². The number of fused-ring (bicyclic) bond motifs is 1. The van der Waals surface area contributed by atoms with Crippen LogP contribution in [0.5, 0.6) is 0 Å². The van der Waals surface area contributed by atoms with Crippen LogP contribution in [-0.4, -0.2) is 29.3 Å². The number of aromatic amines is 1. The van der Waals surface area contributed by atoms with Crippen LogP contribution in [0.3, 0.4) is 0 Å². The first-order valence-electron chi connectivity index (χ1n) is 6.97. The van der Waals surface area contributed by atoms with Gasteiger partial charge in [0.1, 0.15) is 11.3 Å². The minimum Gasteiger partial charge on any atom is -0.334 e. The molecule has 0 aliphatic carbocycles. The summed E-state index contributed by atoms with van der Waals surface area (Å²) in [5.41, 5.74) is 2.72. The molecule has 0 aliphatic rings. The minimum absolute atomic E-state index is 0.615. The highest BCUT2D eigenvalue weighted by Gasteiger charge is 2.13. The van der Waals surface area contributed by atoms with Crippen molar-refractivity contribution in [1.82, 2.24) is 29.3 Å². The fourth-order valence-corrected chi connectivity index (χ4v) is 2.60. The number of H-pyrrole nitrogens is 1. The molecule has 0 saturated carbocycles. The molecule has 110 valence electrons. The second kappa shape index (κ2) is 4.99. The molecule has 22 heavy (non-hydrogen) atoms. The molecule has 0 fully saturated rings. The Balaban J connectivity index is 1.83. The zero-order chi connectivity index (χ0) is 15.1. The van der Waals surface area contributed by atoms with E-state index in [0.717, 1.165) is 35.0 Å². The molecule has 4 aromatic heterocycles. The third-order valence-electron chi connectivity index (χ3n) is 3.53. The quantitative estimate of drug-likeness (QED) is 0.631. The van der Waals surface area contributed by atoms with E-state index in [2.05, 4.69) is 20.1 Å². The minimum atomic E-state index is 0.615. The van der Waals surface area contributed by atoms with Gasteiger partial charge in [0.15, 0.2) is 11.5 Å². The van der Waals surface area contributed by atoms with Crippen molar-refractivity contribution < 1.29 is 0 Å². The number of halogens is 1. The highest BCUT2D eigenvalue weighted by molar-refractivity contribution is 6.30. The maximum Gasteiger partial charge on any atom is 0.176 e. The summed E-state index contributed by atoms with van der Waals surface area (Å²) in [6.07, 6.45) is 5.38. The van der Waals surface area contributed by atoms with Crippen molar-refractivity contribution in [3.05, 3.63) is 47.9 Å². The van der Waals surface area contributed by atoms with E-state index in [4.69, 9.17) is 11.6 Å². The standard InChI is InChI=1S/C15H13ClN6/c1-2-22-15-11(9-18-22)19-14(20-15)12-4-3-7-21(12)13-6-5-10(16)8-17-13/h3-9H,2H2,1H3,(H,19,20). The topological polar surface area (TPSA) is 64.3 Å². The molecule has 0 radical (unpaired) electrons. The number of imidazole rings is 1. The van der Waals surface area contributed by atoms with Crippen LogP contribution in [0.25, 0.3) is 28.5 Å². The van der Waals surface area contributed by atoms with Crippen molar-refractivity contribution in [3.8, 4) is 17.3 Å². The monoisotopic (exact) mass is 312 g/mol. The second-order valence-corrected chi connectivity index (χ2v) is 5.32. The van der Waals surface area contributed by atoms with Gasteiger partial charge in [0.25, 0.3) is 0 Å². The molecule has 0 aliphatic heterocycles. The number of aryl methyl sites for hydroxylation is 1. The number of hydrogen-bond acceptors (Lipinski definition) is 3. The molecule has 4 aromatic rings. The van der Waals surface area contributed by atoms with Gasteiger partial charge in [-0.2, -0.15) is 5.10 Å². The van der Waals surface area contributed by atoms with E-state index in [9.17, 15) is 0 Å². The zero-order valence-corrected chi connectivity index (χ0v) is 12.6. The Kier molecular flexibility index (Phi) is 2.97. The lowest BCUT2D eigenvalue weighted by molar-refractivity contribution is 0.677. The Morgan fingerprint density at radius 3 is 2.91 bits per heavy atom. The lowest BCUT2D eigenvalue weighted by Crippen LogP contribution is -1.99. The summed E-state index contributed by atoms with van der Waals surface area (Å²) >= 11 is 5.90. The molecule has 0 atom stereocenters. The molecular formula is C15H13ClN6. The summed E-state index contributed by atoms with van der Waals surface area (Å²) in [5.74, 6) is 1.58. The Hall–Kier alpha value is -2.60. The lowest BCUT2D eigenvalue weighted by atomic mass is 10.4. The van der Waals surface area contributed by atoms with Gasteiger partial charge in [0.05, 0.1) is 16.9 Å². The summed E-state index contributed by atoms with van der Waals surface area (Å²) in [7, 11) is 0. The van der Waals surface area contributed by atoms with Crippen molar-refractivity contribution in [2.75, 3.05) is 0 Å². The van der Waals surface area contributed by atoms with Crippen LogP contribution in [0.2, 0.25) is 5.02 Å². The maximum atomic E-state index is 5.90. The van der Waals surface area contributed by atoms with E-state index in [1.807, 2.05) is 46.6 Å². The first-order chi connectivity index (χ1) is 10.8. The van der Waals surface area contributed by atoms with Gasteiger partial charge in [-0.15, -0.1) is 0 Å². The smallest absolute Gasteiger partial charge is 0.176 e. The largest absolute Gasteiger partial charge is 0.334 e. The van der Waals surface area contributed by atoms with Crippen molar-refractivity contribution in [2.45, 2.75) is 13.5 Å². The number of nitrogens with zero attached hydrogens (tertiary/aromatic N) is 5. The third-order valence-corrected chi connectivity index (χ3v) is 3.76. The van der Waals surface area contributed by atoms with E-state index in [1.54, 1.807) is 12.4 Å². The van der Waals surface area contributed by atoms with Crippen LogP contribution in [-0.2, 0) is 6.54 Å². The molecule has 4 heterocycles. The van der Waals surface area contributed by atoms with Crippen molar-refractivity contribution in [3.63, 3.8) is 0 Å². The van der Waals surface area contributed by atoms with Gasteiger partial charge >= 0.3 is 0 Å². The average molecular weight is 313 g/mol. The zero-order valence-electron chi connectivity index (χ0n) is 11.9. The number of hydrogen-bond donors (Lipinski definition) is 1. The van der Waals surface area contributed by atoms with Gasteiger partial charge in [0, 0.05) is 18.9 Å². The molecular weight excluding hydrogens is 300 g/mol. The average Bonchev–Trinajstić information content (AvgIpc) is 3.22. The molecule has 0 spiro atoms. The molecule has 0 unspecified atom stereocenters. The molecule has 0 saturated heterocycles. The summed E-state index contributed by atoms with van der Waals surface area (Å²) < 4.78 is 3.83. The van der Waals surface area contributed by atoms with Crippen LogP contribution >= 0.6 is 11.6 Å². The Morgan fingerprint density at radius 1 is 1.23 bits per heavy atom. The van der Waals surface area contributed by atoms with Gasteiger partial charge < -0.3 is 4.98 Å². The van der Waals surface area contributed by atoms with Crippen molar-refractivity contribution in [2.24, 2.45) is 0 Å². The third kappa shape index (κ3) is 2.00. The van der Waals surface area contributed by atoms with E-state index < -0.39 is 0 Å². The maximum absolute atomic E-state index is 5.90. The molecule has 4 rings (SSSR count). The van der Waals surface area contributed by atoms with Gasteiger partial charge in [-0.25, -0.2) is 14.6 Å². The van der Waals surface area contributed by atoms with E-state index in [1.165, 1.54) is 0 Å². The highest BCUT2D eigenvalue weighted by atomic mass is 35.5. The van der Waals surface area contributed by atoms with Crippen LogP contribution in [0.1, 0.15) is 6.92 Å². The van der Waals surface area contributed by atoms with Crippen LogP contribution in [0, 0.1) is 0 Å². The normalized spacial score (nSPS) is 11.4. The lowest BCUT2D eigenvalue weighted by Gasteiger charge is -2.06. The van der Waals surface area contributed by atoms with Gasteiger partial charge in [-0.3, -0.25) is 4.57 Å². The van der Waals surface area contributed by atoms with Gasteiger partial charge in [-0.05, 0) is 31.2 Å². The Bertz CT molecular complexity index is 931. The fraction of sp³-hybridized carbons (Fsp3) is 0.133. The first-order valence-corrected chi connectivity index (χ1v) is 7.35. The first kappa shape index (κ1) is 13.1. The summed E-state index contributed by atoms with van der Waals surface area (Å²) in [5, 5.41) is 4.89. The molecule has 0 aromatic carbocycles. The predicted octanol–water partition coefficient (Wildman–Crippen LogP) is 3.29. The fourth-order valence-electron chi connectivity index (χ4n) is 2.48. The summed E-state index contributed by atoms with van der Waals surface area (Å²) in [6, 6.07) is 7.66. The Morgan fingerprint density at radius 2 is 2.14 bits per heavy atom. The van der Waals surface area contributed by atoms with Gasteiger partial charge in [0.2, 0.25) is 0 Å². The Labute approximate surface area is 131 Å². The molecule has 7 heteroatoms. The van der Waals surface area contributed by atoms with E-state index in [0.29, 0.717) is 5.02 Å². The summed E-state index contributed by atoms with van der Waals surface area (Å²) in [4.78, 5) is 12.3. The van der Waals surface area contributed by atoms with Crippen LogP contribution < -0.4 is 0 Å². The van der Waals surface area contributed by atoms with Crippen LogP contribution in [0.4, 0.5) is 0 Å².